The molecular weight excluding hydrogens is 397 g/mol. The second kappa shape index (κ2) is 9.06. The molecule has 0 saturated carbocycles. The molecule has 2 atom stereocenters. The normalized spacial score (nSPS) is 17.6. The molecule has 1 aliphatic heterocycles. The fraction of sp³-hybridized carbons (Fsp3) is 0.304. The maximum atomic E-state index is 13.5. The summed E-state index contributed by atoms with van der Waals surface area (Å²) < 4.78 is 18.9. The molecule has 2 heterocycles. The van der Waals surface area contributed by atoms with Crippen LogP contribution in [0.15, 0.2) is 53.1 Å². The topological polar surface area (TPSA) is 95.1 Å². The van der Waals surface area contributed by atoms with Crippen LogP contribution < -0.4 is 5.32 Å². The third-order valence-electron chi connectivity index (χ3n) is 5.51. The first-order chi connectivity index (χ1) is 15.0. The Bertz CT molecular complexity index is 1120. The Morgan fingerprint density at radius 2 is 2.16 bits per heavy atom. The molecule has 0 radical (unpaired) electrons. The summed E-state index contributed by atoms with van der Waals surface area (Å²) in [6, 6.07) is 14.6. The van der Waals surface area contributed by atoms with Crippen LogP contribution in [0.3, 0.4) is 0 Å². The van der Waals surface area contributed by atoms with E-state index in [0.717, 1.165) is 19.4 Å². The van der Waals surface area contributed by atoms with Crippen molar-refractivity contribution in [3.63, 3.8) is 0 Å². The number of hydrogen-bond donors (Lipinski definition) is 1. The summed E-state index contributed by atoms with van der Waals surface area (Å²) in [4.78, 5) is 19.3. The molecule has 3 aromatic rings. The molecule has 0 spiro atoms. The third kappa shape index (κ3) is 4.78. The predicted molar refractivity (Wildman–Crippen MR) is 112 cm³/mol. The van der Waals surface area contributed by atoms with Gasteiger partial charge in [-0.05, 0) is 56.6 Å². The van der Waals surface area contributed by atoms with Gasteiger partial charge in [0.1, 0.15) is 5.82 Å². The van der Waals surface area contributed by atoms with Gasteiger partial charge < -0.3 is 9.84 Å². The Labute approximate surface area is 179 Å². The van der Waals surface area contributed by atoms with Gasteiger partial charge in [-0.3, -0.25) is 9.69 Å². The lowest BCUT2D eigenvalue weighted by Gasteiger charge is -2.34. The largest absolute Gasteiger partial charge is 0.339 e. The van der Waals surface area contributed by atoms with Crippen LogP contribution in [0.4, 0.5) is 10.1 Å². The van der Waals surface area contributed by atoms with Gasteiger partial charge in [0.25, 0.3) is 0 Å². The van der Waals surface area contributed by atoms with E-state index in [1.807, 2.05) is 6.92 Å². The lowest BCUT2D eigenvalue weighted by atomic mass is 9.96. The first kappa shape index (κ1) is 20.7. The summed E-state index contributed by atoms with van der Waals surface area (Å²) in [6.07, 6.45) is 1.77. The van der Waals surface area contributed by atoms with Crippen LogP contribution >= 0.6 is 0 Å². The summed E-state index contributed by atoms with van der Waals surface area (Å²) in [7, 11) is 0. The number of piperidine rings is 1. The van der Waals surface area contributed by atoms with Gasteiger partial charge in [-0.25, -0.2) is 4.39 Å². The first-order valence-corrected chi connectivity index (χ1v) is 10.2. The second-order valence-electron chi connectivity index (χ2n) is 7.66. The average Bonchev–Trinajstić information content (AvgIpc) is 3.29. The summed E-state index contributed by atoms with van der Waals surface area (Å²) in [5, 5.41) is 15.9. The Morgan fingerprint density at radius 1 is 1.32 bits per heavy atom. The van der Waals surface area contributed by atoms with Gasteiger partial charge in [0.2, 0.25) is 17.6 Å². The molecule has 158 valence electrons. The summed E-state index contributed by atoms with van der Waals surface area (Å²) in [5.74, 6) is 0.364. The molecular formula is C23H22FN5O2. The molecule has 1 aliphatic rings. The Kier molecular flexibility index (Phi) is 6.05. The number of carbonyl (C=O) groups excluding carboxylic acids is 1. The number of hydrogen-bond acceptors (Lipinski definition) is 6. The molecule has 4 rings (SSSR count). The summed E-state index contributed by atoms with van der Waals surface area (Å²) >= 11 is 0. The summed E-state index contributed by atoms with van der Waals surface area (Å²) in [5.41, 5.74) is 1.66. The number of anilines is 1. The molecule has 2 aromatic carbocycles. The van der Waals surface area contributed by atoms with Crippen molar-refractivity contribution in [2.45, 2.75) is 31.7 Å². The lowest BCUT2D eigenvalue weighted by Crippen LogP contribution is -2.46. The highest BCUT2D eigenvalue weighted by atomic mass is 19.1. The number of benzene rings is 2. The number of nitriles is 1. The molecule has 1 amide bonds. The van der Waals surface area contributed by atoms with Crippen LogP contribution in [0.2, 0.25) is 0 Å². The fourth-order valence-corrected chi connectivity index (χ4v) is 3.78. The fourth-order valence-electron chi connectivity index (χ4n) is 3.78. The molecule has 7 nitrogen and oxygen atoms in total. The van der Waals surface area contributed by atoms with E-state index in [-0.39, 0.29) is 23.7 Å². The number of halogens is 1. The van der Waals surface area contributed by atoms with E-state index in [9.17, 15) is 9.18 Å². The number of amides is 1. The minimum absolute atomic E-state index is 0.000672. The van der Waals surface area contributed by atoms with Crippen molar-refractivity contribution in [2.75, 3.05) is 18.4 Å². The average molecular weight is 419 g/mol. The van der Waals surface area contributed by atoms with Gasteiger partial charge >= 0.3 is 0 Å². The van der Waals surface area contributed by atoms with E-state index in [1.54, 1.807) is 36.4 Å². The number of rotatable bonds is 5. The molecule has 1 aromatic heterocycles. The number of likely N-dealkylation sites (tertiary alicyclic amines) is 1. The molecule has 1 N–H and O–H groups in total. The second-order valence-corrected chi connectivity index (χ2v) is 7.66. The lowest BCUT2D eigenvalue weighted by molar-refractivity contribution is -0.121. The SMILES string of the molecule is CC(C(=O)Nc1cccc(C#N)c1)N1CCCC(c2nc(-c3cccc(F)c3)no2)C1. The van der Waals surface area contributed by atoms with Crippen LogP contribution in [0.1, 0.15) is 37.1 Å². The Hall–Kier alpha value is -3.57. The third-order valence-corrected chi connectivity index (χ3v) is 5.51. The van der Waals surface area contributed by atoms with E-state index in [4.69, 9.17) is 9.78 Å². The molecule has 31 heavy (non-hydrogen) atoms. The highest BCUT2D eigenvalue weighted by Crippen LogP contribution is 2.29. The Balaban J connectivity index is 1.42. The predicted octanol–water partition coefficient (Wildman–Crippen LogP) is 3.95. The monoisotopic (exact) mass is 419 g/mol. The van der Waals surface area contributed by atoms with Gasteiger partial charge in [-0.1, -0.05) is 23.4 Å². The molecule has 0 aliphatic carbocycles. The van der Waals surface area contributed by atoms with Gasteiger partial charge in [-0.2, -0.15) is 10.2 Å². The van der Waals surface area contributed by atoms with E-state index in [2.05, 4.69) is 26.4 Å². The van der Waals surface area contributed by atoms with E-state index in [0.29, 0.717) is 35.1 Å². The zero-order valence-electron chi connectivity index (χ0n) is 17.1. The van der Waals surface area contributed by atoms with E-state index in [1.165, 1.54) is 12.1 Å². The van der Waals surface area contributed by atoms with Crippen molar-refractivity contribution in [1.82, 2.24) is 15.0 Å². The van der Waals surface area contributed by atoms with Crippen molar-refractivity contribution in [3.05, 3.63) is 65.8 Å². The van der Waals surface area contributed by atoms with Crippen molar-refractivity contribution in [2.24, 2.45) is 0 Å². The minimum atomic E-state index is -0.362. The standard InChI is InChI=1S/C23H22FN5O2/c1-15(22(30)26-20-9-2-5-16(11-20)13-25)29-10-4-7-18(14-29)23-27-21(28-31-23)17-6-3-8-19(24)12-17/h2-3,5-6,8-9,11-12,15,18H,4,7,10,14H2,1H3,(H,26,30). The van der Waals surface area contributed by atoms with Crippen molar-refractivity contribution < 1.29 is 13.7 Å². The molecule has 1 saturated heterocycles. The molecule has 0 bridgehead atoms. The van der Waals surface area contributed by atoms with Crippen molar-refractivity contribution in [1.29, 1.82) is 5.26 Å². The van der Waals surface area contributed by atoms with Crippen LogP contribution in [0, 0.1) is 17.1 Å². The number of aromatic nitrogens is 2. The molecule has 1 fully saturated rings. The van der Waals surface area contributed by atoms with Crippen LogP contribution in [0.25, 0.3) is 11.4 Å². The quantitative estimate of drug-likeness (QED) is 0.673. The highest BCUT2D eigenvalue weighted by Gasteiger charge is 2.31. The molecule has 8 heteroatoms. The Morgan fingerprint density at radius 3 is 2.97 bits per heavy atom. The van der Waals surface area contributed by atoms with Crippen LogP contribution in [-0.4, -0.2) is 40.1 Å². The van der Waals surface area contributed by atoms with Gasteiger partial charge in [-0.15, -0.1) is 0 Å². The van der Waals surface area contributed by atoms with Crippen LogP contribution in [0.5, 0.6) is 0 Å². The van der Waals surface area contributed by atoms with Crippen molar-refractivity contribution in [3.8, 4) is 17.5 Å². The first-order valence-electron chi connectivity index (χ1n) is 10.2. The van der Waals surface area contributed by atoms with Gasteiger partial charge in [0.15, 0.2) is 0 Å². The smallest absolute Gasteiger partial charge is 0.241 e. The van der Waals surface area contributed by atoms with Gasteiger partial charge in [0.05, 0.1) is 23.6 Å². The summed E-state index contributed by atoms with van der Waals surface area (Å²) in [6.45, 7) is 3.25. The number of nitrogens with one attached hydrogen (secondary N) is 1. The van der Waals surface area contributed by atoms with Crippen molar-refractivity contribution >= 4 is 11.6 Å². The van der Waals surface area contributed by atoms with E-state index >= 15 is 0 Å². The maximum Gasteiger partial charge on any atom is 0.241 e. The van der Waals surface area contributed by atoms with Gasteiger partial charge in [0, 0.05) is 17.8 Å². The maximum absolute atomic E-state index is 13.5. The number of nitrogens with zero attached hydrogens (tertiary/aromatic N) is 4. The minimum Gasteiger partial charge on any atom is -0.339 e. The molecule has 2 unspecified atom stereocenters. The van der Waals surface area contributed by atoms with Crippen LogP contribution in [-0.2, 0) is 4.79 Å². The van der Waals surface area contributed by atoms with E-state index < -0.39 is 0 Å². The zero-order chi connectivity index (χ0) is 21.8. The number of carbonyl (C=O) groups is 1. The zero-order valence-corrected chi connectivity index (χ0v) is 17.1. The highest BCUT2D eigenvalue weighted by molar-refractivity contribution is 5.94.